The SMILES string of the molecule is CN1CCN(C(=O)c2ccc(C3CCN(C(=O)C[C@@H]4CCCO4)CC3)nc2)CC1. The molecule has 1 aromatic heterocycles. The van der Waals surface area contributed by atoms with Crippen molar-refractivity contribution >= 4 is 11.8 Å². The van der Waals surface area contributed by atoms with Gasteiger partial charge in [0.25, 0.3) is 5.91 Å². The molecule has 0 spiro atoms. The van der Waals surface area contributed by atoms with Crippen molar-refractivity contribution in [3.63, 3.8) is 0 Å². The number of piperidine rings is 1. The van der Waals surface area contributed by atoms with Crippen molar-refractivity contribution in [1.82, 2.24) is 19.7 Å². The highest BCUT2D eigenvalue weighted by Gasteiger charge is 2.28. The number of piperazine rings is 1. The zero-order valence-corrected chi connectivity index (χ0v) is 17.4. The van der Waals surface area contributed by atoms with Crippen molar-refractivity contribution in [1.29, 1.82) is 0 Å². The molecule has 29 heavy (non-hydrogen) atoms. The number of likely N-dealkylation sites (tertiary alicyclic amines) is 1. The van der Waals surface area contributed by atoms with Crippen molar-refractivity contribution in [2.75, 3.05) is 52.9 Å². The number of nitrogens with zero attached hydrogens (tertiary/aromatic N) is 4. The first kappa shape index (κ1) is 20.3. The van der Waals surface area contributed by atoms with E-state index in [1.165, 1.54) is 0 Å². The zero-order valence-electron chi connectivity index (χ0n) is 17.4. The molecule has 2 amide bonds. The molecular formula is C22H32N4O3. The molecule has 3 aliphatic heterocycles. The maximum absolute atomic E-state index is 12.7. The molecule has 0 bridgehead atoms. The summed E-state index contributed by atoms with van der Waals surface area (Å²) >= 11 is 0. The summed E-state index contributed by atoms with van der Waals surface area (Å²) in [5.41, 5.74) is 1.70. The molecule has 0 aliphatic carbocycles. The standard InChI is InChI=1S/C22H32N4O3/c1-24-10-12-26(13-11-24)22(28)18-4-5-20(23-16-18)17-6-8-25(9-7-17)21(27)15-19-3-2-14-29-19/h4-5,16-17,19H,2-3,6-15H2,1H3/t19-/m0/s1. The third-order valence-corrected chi connectivity index (χ3v) is 6.52. The van der Waals surface area contributed by atoms with E-state index >= 15 is 0 Å². The van der Waals surface area contributed by atoms with Gasteiger partial charge in [0.2, 0.25) is 5.91 Å². The van der Waals surface area contributed by atoms with Crippen LogP contribution in [0, 0.1) is 0 Å². The highest BCUT2D eigenvalue weighted by molar-refractivity contribution is 5.94. The predicted molar refractivity (Wildman–Crippen MR) is 110 cm³/mol. The molecule has 3 aliphatic rings. The fourth-order valence-electron chi connectivity index (χ4n) is 4.52. The summed E-state index contributed by atoms with van der Waals surface area (Å²) in [6, 6.07) is 3.91. The Morgan fingerprint density at radius 1 is 1.03 bits per heavy atom. The number of carbonyl (C=O) groups excluding carboxylic acids is 2. The Labute approximate surface area is 173 Å². The minimum Gasteiger partial charge on any atom is -0.378 e. The highest BCUT2D eigenvalue weighted by Crippen LogP contribution is 2.28. The monoisotopic (exact) mass is 400 g/mol. The molecule has 0 unspecified atom stereocenters. The van der Waals surface area contributed by atoms with Crippen molar-refractivity contribution in [2.45, 2.75) is 44.1 Å². The van der Waals surface area contributed by atoms with Crippen LogP contribution in [0.3, 0.4) is 0 Å². The summed E-state index contributed by atoms with van der Waals surface area (Å²) in [7, 11) is 2.08. The molecule has 1 aromatic rings. The quantitative estimate of drug-likeness (QED) is 0.770. The number of likely N-dealkylation sites (N-methyl/N-ethyl adjacent to an activating group) is 1. The maximum Gasteiger partial charge on any atom is 0.255 e. The fourth-order valence-corrected chi connectivity index (χ4v) is 4.52. The van der Waals surface area contributed by atoms with Crippen molar-refractivity contribution in [3.05, 3.63) is 29.6 Å². The second kappa shape index (κ2) is 9.22. The number of pyridine rings is 1. The average Bonchev–Trinajstić information content (AvgIpc) is 3.27. The Hall–Kier alpha value is -1.99. The van der Waals surface area contributed by atoms with E-state index < -0.39 is 0 Å². The summed E-state index contributed by atoms with van der Waals surface area (Å²) in [5, 5.41) is 0. The molecule has 7 nitrogen and oxygen atoms in total. The molecule has 0 radical (unpaired) electrons. The van der Waals surface area contributed by atoms with Gasteiger partial charge in [-0.1, -0.05) is 0 Å². The number of carbonyl (C=O) groups is 2. The minimum atomic E-state index is 0.0756. The highest BCUT2D eigenvalue weighted by atomic mass is 16.5. The Kier molecular flexibility index (Phi) is 6.45. The van der Waals surface area contributed by atoms with E-state index in [9.17, 15) is 9.59 Å². The lowest BCUT2D eigenvalue weighted by atomic mass is 9.92. The Morgan fingerprint density at radius 2 is 1.79 bits per heavy atom. The van der Waals surface area contributed by atoms with E-state index in [1.807, 2.05) is 21.9 Å². The molecule has 1 atom stereocenters. The van der Waals surface area contributed by atoms with Crippen LogP contribution in [0.2, 0.25) is 0 Å². The average molecular weight is 401 g/mol. The largest absolute Gasteiger partial charge is 0.378 e. The van der Waals surface area contributed by atoms with Crippen LogP contribution < -0.4 is 0 Å². The van der Waals surface area contributed by atoms with Gasteiger partial charge in [-0.15, -0.1) is 0 Å². The molecule has 0 N–H and O–H groups in total. The summed E-state index contributed by atoms with van der Waals surface area (Å²) in [6.07, 6.45) is 6.29. The molecule has 0 saturated carbocycles. The Balaban J connectivity index is 1.27. The van der Waals surface area contributed by atoms with Gasteiger partial charge < -0.3 is 19.4 Å². The zero-order chi connectivity index (χ0) is 20.2. The molecule has 3 fully saturated rings. The van der Waals surface area contributed by atoms with Gasteiger partial charge in [0, 0.05) is 63.7 Å². The third-order valence-electron chi connectivity index (χ3n) is 6.52. The van der Waals surface area contributed by atoms with Crippen molar-refractivity contribution in [2.24, 2.45) is 0 Å². The number of rotatable bonds is 4. The summed E-state index contributed by atoms with van der Waals surface area (Å²) in [4.78, 5) is 35.9. The Bertz CT molecular complexity index is 701. The number of hydrogen-bond acceptors (Lipinski definition) is 5. The summed E-state index contributed by atoms with van der Waals surface area (Å²) in [5.74, 6) is 0.651. The van der Waals surface area contributed by atoms with Crippen LogP contribution in [0.15, 0.2) is 18.3 Å². The first-order valence-corrected chi connectivity index (χ1v) is 10.9. The van der Waals surface area contributed by atoms with E-state index in [1.54, 1.807) is 6.20 Å². The number of amides is 2. The second-order valence-electron chi connectivity index (χ2n) is 8.56. The molecule has 158 valence electrons. The summed E-state index contributed by atoms with van der Waals surface area (Å²) in [6.45, 7) is 5.73. The normalized spacial score (nSPS) is 24.1. The van der Waals surface area contributed by atoms with Crippen LogP contribution in [0.1, 0.15) is 54.1 Å². The van der Waals surface area contributed by atoms with Crippen LogP contribution in [0.4, 0.5) is 0 Å². The fraction of sp³-hybridized carbons (Fsp3) is 0.682. The minimum absolute atomic E-state index is 0.0756. The second-order valence-corrected chi connectivity index (χ2v) is 8.56. The lowest BCUT2D eigenvalue weighted by Gasteiger charge is -2.33. The third kappa shape index (κ3) is 4.95. The van der Waals surface area contributed by atoms with E-state index in [-0.39, 0.29) is 17.9 Å². The molecule has 3 saturated heterocycles. The first-order chi connectivity index (χ1) is 14.1. The first-order valence-electron chi connectivity index (χ1n) is 10.9. The van der Waals surface area contributed by atoms with Gasteiger partial charge in [0.15, 0.2) is 0 Å². The number of aromatic nitrogens is 1. The van der Waals surface area contributed by atoms with E-state index in [2.05, 4.69) is 16.9 Å². The van der Waals surface area contributed by atoms with Crippen LogP contribution in [-0.4, -0.2) is 90.5 Å². The molecule has 4 rings (SSSR count). The maximum atomic E-state index is 12.7. The van der Waals surface area contributed by atoms with Crippen LogP contribution in [-0.2, 0) is 9.53 Å². The van der Waals surface area contributed by atoms with Crippen molar-refractivity contribution < 1.29 is 14.3 Å². The van der Waals surface area contributed by atoms with E-state index in [0.717, 1.165) is 77.3 Å². The smallest absolute Gasteiger partial charge is 0.255 e. The van der Waals surface area contributed by atoms with Crippen LogP contribution in [0.5, 0.6) is 0 Å². The van der Waals surface area contributed by atoms with Gasteiger partial charge in [-0.3, -0.25) is 14.6 Å². The summed E-state index contributed by atoms with van der Waals surface area (Å²) < 4.78 is 5.59. The predicted octanol–water partition coefficient (Wildman–Crippen LogP) is 1.74. The number of hydrogen-bond donors (Lipinski definition) is 0. The van der Waals surface area contributed by atoms with Gasteiger partial charge >= 0.3 is 0 Å². The molecule has 0 aromatic carbocycles. The topological polar surface area (TPSA) is 66.0 Å². The molecule has 4 heterocycles. The van der Waals surface area contributed by atoms with E-state index in [0.29, 0.717) is 17.9 Å². The van der Waals surface area contributed by atoms with Crippen LogP contribution in [0.25, 0.3) is 0 Å². The van der Waals surface area contributed by atoms with Gasteiger partial charge in [-0.25, -0.2) is 0 Å². The Morgan fingerprint density at radius 3 is 2.41 bits per heavy atom. The number of ether oxygens (including phenoxy) is 1. The van der Waals surface area contributed by atoms with Gasteiger partial charge in [0.1, 0.15) is 0 Å². The lowest BCUT2D eigenvalue weighted by Crippen LogP contribution is -2.47. The lowest BCUT2D eigenvalue weighted by molar-refractivity contribution is -0.134. The van der Waals surface area contributed by atoms with Gasteiger partial charge in [-0.2, -0.15) is 0 Å². The van der Waals surface area contributed by atoms with Gasteiger partial charge in [0.05, 0.1) is 18.1 Å². The van der Waals surface area contributed by atoms with Crippen molar-refractivity contribution in [3.8, 4) is 0 Å². The van der Waals surface area contributed by atoms with Gasteiger partial charge in [-0.05, 0) is 44.9 Å². The van der Waals surface area contributed by atoms with Crippen LogP contribution >= 0.6 is 0 Å². The molecule has 7 heteroatoms. The molecular weight excluding hydrogens is 368 g/mol. The van der Waals surface area contributed by atoms with E-state index in [4.69, 9.17) is 4.74 Å².